The Bertz CT molecular complexity index is 1220. The topological polar surface area (TPSA) is 158 Å². The fraction of sp³-hybridized carbons (Fsp3) is 0.500. The zero-order chi connectivity index (χ0) is 26.7. The van der Waals surface area contributed by atoms with Crippen LogP contribution in [0.2, 0.25) is 0 Å². The van der Waals surface area contributed by atoms with E-state index in [0.29, 0.717) is 0 Å². The lowest BCUT2D eigenvalue weighted by molar-refractivity contribution is -0.204. The summed E-state index contributed by atoms with van der Waals surface area (Å²) in [5.41, 5.74) is -1.53. The van der Waals surface area contributed by atoms with Crippen LogP contribution in [0.3, 0.4) is 0 Å². The van der Waals surface area contributed by atoms with Gasteiger partial charge in [-0.1, -0.05) is 25.1 Å². The van der Waals surface area contributed by atoms with E-state index in [9.17, 15) is 24.1 Å². The second-order valence-electron chi connectivity index (χ2n) is 8.63. The maximum absolute atomic E-state index is 15.8. The molecule has 3 rings (SSSR count). The van der Waals surface area contributed by atoms with Gasteiger partial charge in [0.05, 0.1) is 6.10 Å². The molecule has 0 bridgehead atoms. The van der Waals surface area contributed by atoms with Crippen molar-refractivity contribution in [1.82, 2.24) is 14.6 Å². The predicted molar refractivity (Wildman–Crippen MR) is 125 cm³/mol. The molecule has 36 heavy (non-hydrogen) atoms. The van der Waals surface area contributed by atoms with Gasteiger partial charge in [-0.3, -0.25) is 23.7 Å². The summed E-state index contributed by atoms with van der Waals surface area (Å²) in [7, 11) is -4.44. The second kappa shape index (κ2) is 11.1. The van der Waals surface area contributed by atoms with Crippen molar-refractivity contribution in [2.45, 2.75) is 58.0 Å². The first kappa shape index (κ1) is 27.8. The Hall–Kier alpha value is -2.83. The van der Waals surface area contributed by atoms with Crippen molar-refractivity contribution in [2.75, 3.05) is 6.61 Å². The third kappa shape index (κ3) is 6.48. The van der Waals surface area contributed by atoms with E-state index >= 15 is 4.39 Å². The van der Waals surface area contributed by atoms with Crippen molar-refractivity contribution < 1.29 is 37.4 Å². The number of hydrogen-bond acceptors (Lipinski definition) is 9. The van der Waals surface area contributed by atoms with Crippen LogP contribution >= 0.6 is 7.75 Å². The molecule has 3 N–H and O–H groups in total. The van der Waals surface area contributed by atoms with Crippen molar-refractivity contribution >= 4 is 13.7 Å². The summed E-state index contributed by atoms with van der Waals surface area (Å²) in [6.45, 7) is 4.98. The highest BCUT2D eigenvalue weighted by molar-refractivity contribution is 7.52. The fourth-order valence-corrected chi connectivity index (χ4v) is 5.00. The Morgan fingerprint density at radius 3 is 2.56 bits per heavy atom. The van der Waals surface area contributed by atoms with Gasteiger partial charge >= 0.3 is 19.4 Å². The summed E-state index contributed by atoms with van der Waals surface area (Å²) >= 11 is 0. The molecule has 6 atom stereocenters. The van der Waals surface area contributed by atoms with Gasteiger partial charge in [0.25, 0.3) is 11.4 Å². The van der Waals surface area contributed by atoms with E-state index < -0.39 is 67.8 Å². The number of H-pyrrole nitrogens is 1. The van der Waals surface area contributed by atoms with Crippen LogP contribution in [0.5, 0.6) is 5.75 Å². The number of hydrogen-bond donors (Lipinski definition) is 3. The Morgan fingerprint density at radius 1 is 1.28 bits per heavy atom. The average Bonchev–Trinajstić information content (AvgIpc) is 3.02. The number of halogens is 1. The van der Waals surface area contributed by atoms with E-state index in [4.69, 9.17) is 18.5 Å². The molecule has 1 aromatic carbocycles. The number of esters is 1. The number of aliphatic hydroxyl groups is 1. The number of aliphatic hydroxyl groups excluding tert-OH is 1. The molecule has 1 fully saturated rings. The molecule has 1 aliphatic rings. The lowest BCUT2D eigenvalue weighted by atomic mass is 10.0. The maximum atomic E-state index is 15.8. The Morgan fingerprint density at radius 2 is 1.94 bits per heavy atom. The molecule has 198 valence electrons. The largest absolute Gasteiger partial charge is 0.462 e. The normalized spacial score (nSPS) is 26.4. The zero-order valence-electron chi connectivity index (χ0n) is 20.1. The average molecular weight is 529 g/mol. The molecule has 0 saturated carbocycles. The van der Waals surface area contributed by atoms with Gasteiger partial charge in [0, 0.05) is 18.2 Å². The van der Waals surface area contributed by atoms with Crippen LogP contribution in [0.15, 0.2) is 52.2 Å². The summed E-state index contributed by atoms with van der Waals surface area (Å²) in [6.07, 6.45) is -2.45. The van der Waals surface area contributed by atoms with Crippen molar-refractivity contribution in [3.63, 3.8) is 0 Å². The third-order valence-corrected chi connectivity index (χ3v) is 6.91. The van der Waals surface area contributed by atoms with Gasteiger partial charge in [-0.2, -0.15) is 5.09 Å². The Kier molecular flexibility index (Phi) is 8.52. The number of nitrogens with one attached hydrogen (secondary N) is 2. The van der Waals surface area contributed by atoms with Crippen molar-refractivity contribution in [3.05, 3.63) is 63.4 Å². The van der Waals surface area contributed by atoms with Crippen LogP contribution in [0, 0.1) is 5.92 Å². The second-order valence-corrected chi connectivity index (χ2v) is 10.3. The number of alkyl halides is 1. The quantitative estimate of drug-likeness (QED) is 0.306. The molecular formula is C22H29FN3O9P. The van der Waals surface area contributed by atoms with Gasteiger partial charge < -0.3 is 19.1 Å². The number of nitrogens with zero attached hydrogens (tertiary/aromatic N) is 1. The molecule has 0 aliphatic carbocycles. The number of benzene rings is 1. The molecule has 0 spiro atoms. The first-order chi connectivity index (χ1) is 16.8. The van der Waals surface area contributed by atoms with Crippen LogP contribution in [0.1, 0.15) is 33.9 Å². The van der Waals surface area contributed by atoms with E-state index in [1.807, 2.05) is 4.98 Å². The number of rotatable bonds is 10. The summed E-state index contributed by atoms with van der Waals surface area (Å²) in [4.78, 5) is 37.8. The minimum atomic E-state index is -4.44. The molecule has 0 radical (unpaired) electrons. The minimum Gasteiger partial charge on any atom is -0.462 e. The molecule has 2 aromatic rings. The lowest BCUT2D eigenvalue weighted by Gasteiger charge is -2.28. The molecular weight excluding hydrogens is 500 g/mol. The Balaban J connectivity index is 1.81. The molecule has 1 unspecified atom stereocenters. The van der Waals surface area contributed by atoms with Gasteiger partial charge in [-0.05, 0) is 32.9 Å². The van der Waals surface area contributed by atoms with Gasteiger partial charge in [0.1, 0.15) is 30.7 Å². The van der Waals surface area contributed by atoms with Gasteiger partial charge in [0.15, 0.2) is 0 Å². The molecule has 14 heteroatoms. The van der Waals surface area contributed by atoms with E-state index in [1.165, 1.54) is 26.0 Å². The SMILES string of the molecule is CC(C)OC(=O)[C@H](C)NP(=O)(OC[C@@]1(F)O[C@@H](n2ccc(=O)[nH]c2=O)[C@@H](C)[C@@H]1O)Oc1ccccc1. The first-order valence-corrected chi connectivity index (χ1v) is 12.7. The summed E-state index contributed by atoms with van der Waals surface area (Å²) in [5, 5.41) is 13.0. The minimum absolute atomic E-state index is 0.101. The van der Waals surface area contributed by atoms with Crippen LogP contribution in [0.25, 0.3) is 0 Å². The highest BCUT2D eigenvalue weighted by Crippen LogP contribution is 2.49. The number of aromatic amines is 1. The molecule has 1 saturated heterocycles. The zero-order valence-corrected chi connectivity index (χ0v) is 21.0. The molecule has 12 nitrogen and oxygen atoms in total. The predicted octanol–water partition coefficient (Wildman–Crippen LogP) is 1.86. The monoisotopic (exact) mass is 529 g/mol. The van der Waals surface area contributed by atoms with Crippen molar-refractivity contribution in [3.8, 4) is 5.75 Å². The van der Waals surface area contributed by atoms with Crippen LogP contribution in [0.4, 0.5) is 4.39 Å². The smallest absolute Gasteiger partial charge is 0.459 e. The Labute approximate surface area is 205 Å². The third-order valence-electron chi connectivity index (χ3n) is 5.29. The molecule has 1 aliphatic heterocycles. The number of carbonyl (C=O) groups excluding carboxylic acids is 1. The van der Waals surface area contributed by atoms with Gasteiger partial charge in [0.2, 0.25) is 0 Å². The van der Waals surface area contributed by atoms with Gasteiger partial charge in [-0.25, -0.2) is 13.8 Å². The number of aromatic nitrogens is 2. The summed E-state index contributed by atoms with van der Waals surface area (Å²) < 4.78 is 51.4. The number of para-hydroxylation sites is 1. The highest BCUT2D eigenvalue weighted by Gasteiger charge is 2.56. The lowest BCUT2D eigenvalue weighted by Crippen LogP contribution is -2.42. The van der Waals surface area contributed by atoms with E-state index in [-0.39, 0.29) is 5.75 Å². The fourth-order valence-electron chi connectivity index (χ4n) is 3.49. The van der Waals surface area contributed by atoms with Gasteiger partial charge in [-0.15, -0.1) is 0 Å². The number of carbonyl (C=O) groups is 1. The molecule has 1 aromatic heterocycles. The van der Waals surface area contributed by atoms with Crippen molar-refractivity contribution in [1.29, 1.82) is 0 Å². The summed E-state index contributed by atoms with van der Waals surface area (Å²) in [5.74, 6) is -4.53. The molecule has 0 amide bonds. The van der Waals surface area contributed by atoms with Crippen molar-refractivity contribution in [2.24, 2.45) is 5.92 Å². The van der Waals surface area contributed by atoms with Crippen LogP contribution in [-0.2, 0) is 23.4 Å². The number of ether oxygens (including phenoxy) is 2. The van der Waals surface area contributed by atoms with E-state index in [1.54, 1.807) is 32.0 Å². The summed E-state index contributed by atoms with van der Waals surface area (Å²) in [6, 6.07) is 7.72. The first-order valence-electron chi connectivity index (χ1n) is 11.2. The maximum Gasteiger partial charge on any atom is 0.459 e. The standard InChI is InChI=1S/C22H29FN3O9P/c1-13(2)33-20(29)15(4)25-36(31,35-16-8-6-5-7-9-16)32-12-22(23)18(28)14(3)19(34-22)26-11-10-17(27)24-21(26)30/h5-11,13-15,18-19,28H,12H2,1-4H3,(H,25,31)(H,24,27,30)/t14-,15-,18-,19+,22+,36?/m0/s1. The van der Waals surface area contributed by atoms with Crippen LogP contribution < -0.4 is 20.9 Å². The molecule has 2 heterocycles. The van der Waals surface area contributed by atoms with E-state index in [2.05, 4.69) is 5.09 Å². The van der Waals surface area contributed by atoms with E-state index in [0.717, 1.165) is 16.8 Å². The highest BCUT2D eigenvalue weighted by atomic mass is 31.2. The van der Waals surface area contributed by atoms with Crippen LogP contribution in [-0.4, -0.2) is 51.3 Å².